The standard InChI is InChI=1S/C14H22O/c1-5-7-11(4)13-9-6-8-12(10(2)3)14(13)15/h6,8-11,15H,5,7H2,1-4H3. The van der Waals surface area contributed by atoms with Crippen LogP contribution in [0.3, 0.4) is 0 Å². The van der Waals surface area contributed by atoms with Gasteiger partial charge in [-0.3, -0.25) is 0 Å². The van der Waals surface area contributed by atoms with Crippen LogP contribution < -0.4 is 0 Å². The Labute approximate surface area is 93.1 Å². The third-order valence-corrected chi connectivity index (χ3v) is 2.97. The van der Waals surface area contributed by atoms with Crippen LogP contribution in [-0.4, -0.2) is 5.11 Å². The largest absolute Gasteiger partial charge is 0.507 e. The Morgan fingerprint density at radius 3 is 2.27 bits per heavy atom. The van der Waals surface area contributed by atoms with Crippen LogP contribution in [0.25, 0.3) is 0 Å². The van der Waals surface area contributed by atoms with Crippen LogP contribution in [0.1, 0.15) is 63.5 Å². The van der Waals surface area contributed by atoms with Gasteiger partial charge in [0, 0.05) is 0 Å². The molecule has 1 heteroatoms. The molecule has 0 radical (unpaired) electrons. The monoisotopic (exact) mass is 206 g/mol. The fourth-order valence-corrected chi connectivity index (χ4v) is 2.03. The molecular weight excluding hydrogens is 184 g/mol. The van der Waals surface area contributed by atoms with Crippen molar-refractivity contribution >= 4 is 0 Å². The fourth-order valence-electron chi connectivity index (χ4n) is 2.03. The highest BCUT2D eigenvalue weighted by molar-refractivity contribution is 5.43. The van der Waals surface area contributed by atoms with Crippen LogP contribution in [-0.2, 0) is 0 Å². The molecular formula is C14H22O. The SMILES string of the molecule is CCCC(C)c1cccc(C(C)C)c1O. The summed E-state index contributed by atoms with van der Waals surface area (Å²) in [5.74, 6) is 1.35. The Bertz CT molecular complexity index is 315. The smallest absolute Gasteiger partial charge is 0.122 e. The van der Waals surface area contributed by atoms with Crippen molar-refractivity contribution < 1.29 is 5.11 Å². The van der Waals surface area contributed by atoms with Crippen molar-refractivity contribution in [1.29, 1.82) is 0 Å². The highest BCUT2D eigenvalue weighted by Crippen LogP contribution is 2.34. The van der Waals surface area contributed by atoms with Crippen LogP contribution in [0, 0.1) is 0 Å². The number of phenols is 1. The third-order valence-electron chi connectivity index (χ3n) is 2.97. The number of rotatable bonds is 4. The molecule has 1 N–H and O–H groups in total. The van der Waals surface area contributed by atoms with Gasteiger partial charge < -0.3 is 5.11 Å². The predicted molar refractivity (Wildman–Crippen MR) is 65.5 cm³/mol. The van der Waals surface area contributed by atoms with E-state index in [4.69, 9.17) is 0 Å². The minimum absolute atomic E-state index is 0.388. The number of para-hydroxylation sites is 1. The average Bonchev–Trinajstić information content (AvgIpc) is 2.17. The van der Waals surface area contributed by atoms with Gasteiger partial charge in [-0.05, 0) is 29.4 Å². The fraction of sp³-hybridized carbons (Fsp3) is 0.571. The van der Waals surface area contributed by atoms with Crippen molar-refractivity contribution in [2.24, 2.45) is 0 Å². The molecule has 1 nitrogen and oxygen atoms in total. The zero-order valence-electron chi connectivity index (χ0n) is 10.2. The van der Waals surface area contributed by atoms with E-state index in [0.717, 1.165) is 24.0 Å². The highest BCUT2D eigenvalue weighted by Gasteiger charge is 2.14. The van der Waals surface area contributed by atoms with Gasteiger partial charge in [0.25, 0.3) is 0 Å². The molecule has 84 valence electrons. The predicted octanol–water partition coefficient (Wildman–Crippen LogP) is 4.42. The topological polar surface area (TPSA) is 20.2 Å². The Balaban J connectivity index is 3.03. The first-order valence-corrected chi connectivity index (χ1v) is 5.89. The second-order valence-electron chi connectivity index (χ2n) is 4.63. The van der Waals surface area contributed by atoms with Gasteiger partial charge in [0.1, 0.15) is 5.75 Å². The lowest BCUT2D eigenvalue weighted by Crippen LogP contribution is -1.97. The first-order chi connectivity index (χ1) is 7.07. The van der Waals surface area contributed by atoms with Crippen molar-refractivity contribution in [2.45, 2.75) is 52.4 Å². The summed E-state index contributed by atoms with van der Waals surface area (Å²) in [6.45, 7) is 8.59. The average molecular weight is 206 g/mol. The second kappa shape index (κ2) is 5.20. The second-order valence-corrected chi connectivity index (χ2v) is 4.63. The first-order valence-electron chi connectivity index (χ1n) is 5.89. The van der Waals surface area contributed by atoms with Crippen LogP contribution in [0.2, 0.25) is 0 Å². The van der Waals surface area contributed by atoms with Gasteiger partial charge in [-0.25, -0.2) is 0 Å². The maximum Gasteiger partial charge on any atom is 0.122 e. The number of phenolic OH excluding ortho intramolecular Hbond substituents is 1. The summed E-state index contributed by atoms with van der Waals surface area (Å²) in [5.41, 5.74) is 2.17. The Kier molecular flexibility index (Phi) is 4.19. The lowest BCUT2D eigenvalue weighted by Gasteiger charge is -2.16. The molecule has 15 heavy (non-hydrogen) atoms. The molecule has 0 fully saturated rings. The number of hydrogen-bond donors (Lipinski definition) is 1. The molecule has 1 aromatic rings. The number of benzene rings is 1. The van der Waals surface area contributed by atoms with E-state index < -0.39 is 0 Å². The van der Waals surface area contributed by atoms with Crippen molar-refractivity contribution in [2.75, 3.05) is 0 Å². The van der Waals surface area contributed by atoms with Crippen molar-refractivity contribution in [3.63, 3.8) is 0 Å². The van der Waals surface area contributed by atoms with E-state index in [9.17, 15) is 5.11 Å². The molecule has 0 amide bonds. The molecule has 0 aliphatic rings. The van der Waals surface area contributed by atoms with E-state index in [1.807, 2.05) is 12.1 Å². The molecule has 0 aromatic heterocycles. The minimum Gasteiger partial charge on any atom is -0.507 e. The number of aromatic hydroxyl groups is 1. The third kappa shape index (κ3) is 2.74. The zero-order valence-corrected chi connectivity index (χ0v) is 10.2. The molecule has 1 aromatic carbocycles. The van der Waals surface area contributed by atoms with Crippen molar-refractivity contribution in [1.82, 2.24) is 0 Å². The maximum absolute atomic E-state index is 10.2. The molecule has 0 heterocycles. The quantitative estimate of drug-likeness (QED) is 0.773. The molecule has 0 aliphatic carbocycles. The van der Waals surface area contributed by atoms with Gasteiger partial charge in [0.15, 0.2) is 0 Å². The first kappa shape index (κ1) is 12.1. The lowest BCUT2D eigenvalue weighted by molar-refractivity contribution is 0.450. The maximum atomic E-state index is 10.2. The van der Waals surface area contributed by atoms with E-state index in [2.05, 4.69) is 33.8 Å². The Morgan fingerprint density at radius 2 is 1.73 bits per heavy atom. The summed E-state index contributed by atoms with van der Waals surface area (Å²) in [6.07, 6.45) is 2.29. The van der Waals surface area contributed by atoms with Crippen LogP contribution in [0.15, 0.2) is 18.2 Å². The molecule has 1 rings (SSSR count). The summed E-state index contributed by atoms with van der Waals surface area (Å²) in [5, 5.41) is 10.2. The summed E-state index contributed by atoms with van der Waals surface area (Å²) >= 11 is 0. The zero-order chi connectivity index (χ0) is 11.4. The minimum atomic E-state index is 0.388. The van der Waals surface area contributed by atoms with Gasteiger partial charge in [-0.15, -0.1) is 0 Å². The normalized spacial score (nSPS) is 13.1. The number of hydrogen-bond acceptors (Lipinski definition) is 1. The molecule has 0 spiro atoms. The lowest BCUT2D eigenvalue weighted by atomic mass is 9.91. The van der Waals surface area contributed by atoms with Gasteiger partial charge in [-0.1, -0.05) is 52.3 Å². The summed E-state index contributed by atoms with van der Waals surface area (Å²) in [6, 6.07) is 6.11. The van der Waals surface area contributed by atoms with Gasteiger partial charge >= 0.3 is 0 Å². The Hall–Kier alpha value is -0.980. The van der Waals surface area contributed by atoms with Crippen LogP contribution >= 0.6 is 0 Å². The molecule has 0 aliphatic heterocycles. The Morgan fingerprint density at radius 1 is 1.13 bits per heavy atom. The summed E-state index contributed by atoms with van der Waals surface area (Å²) in [4.78, 5) is 0. The molecule has 1 atom stereocenters. The molecule has 0 bridgehead atoms. The van der Waals surface area contributed by atoms with Crippen molar-refractivity contribution in [3.8, 4) is 5.75 Å². The van der Waals surface area contributed by atoms with Crippen LogP contribution in [0.4, 0.5) is 0 Å². The van der Waals surface area contributed by atoms with E-state index in [1.165, 1.54) is 0 Å². The van der Waals surface area contributed by atoms with Crippen molar-refractivity contribution in [3.05, 3.63) is 29.3 Å². The van der Waals surface area contributed by atoms with E-state index in [-0.39, 0.29) is 0 Å². The van der Waals surface area contributed by atoms with Gasteiger partial charge in [0.05, 0.1) is 0 Å². The summed E-state index contributed by atoms with van der Waals surface area (Å²) in [7, 11) is 0. The van der Waals surface area contributed by atoms with E-state index in [1.54, 1.807) is 0 Å². The van der Waals surface area contributed by atoms with Gasteiger partial charge in [-0.2, -0.15) is 0 Å². The molecule has 1 unspecified atom stereocenters. The van der Waals surface area contributed by atoms with E-state index in [0.29, 0.717) is 17.6 Å². The van der Waals surface area contributed by atoms with Crippen LogP contribution in [0.5, 0.6) is 5.75 Å². The molecule has 0 saturated carbocycles. The molecule has 0 saturated heterocycles. The summed E-state index contributed by atoms with van der Waals surface area (Å²) < 4.78 is 0. The van der Waals surface area contributed by atoms with Gasteiger partial charge in [0.2, 0.25) is 0 Å². The highest BCUT2D eigenvalue weighted by atomic mass is 16.3. The van der Waals surface area contributed by atoms with E-state index >= 15 is 0 Å².